The third kappa shape index (κ3) is 3.42. The number of para-hydroxylation sites is 2. The third-order valence-corrected chi connectivity index (χ3v) is 5.11. The molecule has 6 heteroatoms. The van der Waals surface area contributed by atoms with Crippen LogP contribution in [0.25, 0.3) is 0 Å². The predicted octanol–water partition coefficient (Wildman–Crippen LogP) is 5.13. The largest absolute Gasteiger partial charge is 0.321 e. The maximum Gasteiger partial charge on any atom is 0.267 e. The van der Waals surface area contributed by atoms with Crippen molar-refractivity contribution in [3.8, 4) is 0 Å². The molecule has 0 aliphatic rings. The zero-order valence-electron chi connectivity index (χ0n) is 13.3. The van der Waals surface area contributed by atoms with Crippen LogP contribution in [0.5, 0.6) is 0 Å². The lowest BCUT2D eigenvalue weighted by Crippen LogP contribution is -2.11. The van der Waals surface area contributed by atoms with E-state index < -0.39 is 0 Å². The summed E-state index contributed by atoms with van der Waals surface area (Å²) >= 11 is 7.45. The highest BCUT2D eigenvalue weighted by atomic mass is 35.5. The fraction of sp³-hybridized carbons (Fsp3) is 0.111. The smallest absolute Gasteiger partial charge is 0.267 e. The number of anilines is 3. The maximum atomic E-state index is 12.5. The maximum absolute atomic E-state index is 12.5. The van der Waals surface area contributed by atoms with Crippen LogP contribution in [-0.2, 0) is 0 Å². The minimum absolute atomic E-state index is 0.203. The average Bonchev–Trinajstić information content (AvgIpc) is 2.99. The summed E-state index contributed by atoms with van der Waals surface area (Å²) in [5.74, 6) is -0.203. The number of hydrogen-bond acceptors (Lipinski definition) is 4. The molecule has 0 aliphatic heterocycles. The van der Waals surface area contributed by atoms with Crippen LogP contribution in [-0.4, -0.2) is 17.9 Å². The van der Waals surface area contributed by atoms with Crippen molar-refractivity contribution in [2.24, 2.45) is 0 Å². The standard InChI is InChI=1S/C18H16ClN3OS/c1-12-16(17(23)21-15-11-7-6-10-14(15)19)24-18(20-12)22(2)13-8-4-3-5-9-13/h3-11H,1-2H3,(H,21,23). The van der Waals surface area contributed by atoms with Crippen molar-refractivity contribution >= 4 is 45.4 Å². The Hall–Kier alpha value is -2.37. The van der Waals surface area contributed by atoms with E-state index in [9.17, 15) is 4.79 Å². The van der Waals surface area contributed by atoms with Gasteiger partial charge in [-0.3, -0.25) is 4.79 Å². The molecule has 1 heterocycles. The molecule has 0 saturated heterocycles. The number of carbonyl (C=O) groups excluding carboxylic acids is 1. The molecule has 1 N–H and O–H groups in total. The van der Waals surface area contributed by atoms with Crippen molar-refractivity contribution in [2.45, 2.75) is 6.92 Å². The van der Waals surface area contributed by atoms with Gasteiger partial charge in [-0.05, 0) is 31.2 Å². The van der Waals surface area contributed by atoms with E-state index in [-0.39, 0.29) is 5.91 Å². The number of rotatable bonds is 4. The molecule has 0 fully saturated rings. The highest BCUT2D eigenvalue weighted by molar-refractivity contribution is 7.17. The molecule has 2 aromatic carbocycles. The summed E-state index contributed by atoms with van der Waals surface area (Å²) in [6, 6.07) is 17.1. The third-order valence-electron chi connectivity index (χ3n) is 3.54. The first kappa shape index (κ1) is 16.5. The number of carbonyl (C=O) groups is 1. The minimum atomic E-state index is -0.203. The van der Waals surface area contributed by atoms with Crippen LogP contribution in [0.4, 0.5) is 16.5 Å². The Morgan fingerprint density at radius 1 is 1.12 bits per heavy atom. The zero-order valence-corrected chi connectivity index (χ0v) is 14.9. The average molecular weight is 358 g/mol. The molecule has 0 atom stereocenters. The first-order valence-corrected chi connectivity index (χ1v) is 8.58. The zero-order chi connectivity index (χ0) is 17.1. The van der Waals surface area contributed by atoms with Gasteiger partial charge in [0.1, 0.15) is 4.88 Å². The molecule has 0 saturated carbocycles. The molecule has 1 amide bonds. The van der Waals surface area contributed by atoms with Gasteiger partial charge in [0.05, 0.1) is 16.4 Å². The number of aromatic nitrogens is 1. The van der Waals surface area contributed by atoms with Crippen LogP contribution >= 0.6 is 22.9 Å². The van der Waals surface area contributed by atoms with Crippen LogP contribution in [0.3, 0.4) is 0 Å². The van der Waals surface area contributed by atoms with Crippen LogP contribution in [0, 0.1) is 6.92 Å². The van der Waals surface area contributed by atoms with Gasteiger partial charge in [-0.1, -0.05) is 53.3 Å². The fourth-order valence-electron chi connectivity index (χ4n) is 2.24. The van der Waals surface area contributed by atoms with Gasteiger partial charge in [-0.2, -0.15) is 0 Å². The van der Waals surface area contributed by atoms with Crippen molar-refractivity contribution in [1.82, 2.24) is 4.98 Å². The quantitative estimate of drug-likeness (QED) is 0.704. The number of aryl methyl sites for hydroxylation is 1. The molecule has 0 bridgehead atoms. The van der Waals surface area contributed by atoms with E-state index in [0.29, 0.717) is 21.3 Å². The molecule has 3 aromatic rings. The molecule has 3 rings (SSSR count). The van der Waals surface area contributed by atoms with Gasteiger partial charge >= 0.3 is 0 Å². The molecule has 0 aliphatic carbocycles. The Balaban J connectivity index is 1.84. The first-order chi connectivity index (χ1) is 11.6. The summed E-state index contributed by atoms with van der Waals surface area (Å²) < 4.78 is 0. The minimum Gasteiger partial charge on any atom is -0.321 e. The van der Waals surface area contributed by atoms with Gasteiger partial charge in [0, 0.05) is 12.7 Å². The van der Waals surface area contributed by atoms with Crippen molar-refractivity contribution < 1.29 is 4.79 Å². The first-order valence-electron chi connectivity index (χ1n) is 7.38. The Morgan fingerprint density at radius 2 is 1.79 bits per heavy atom. The molecule has 0 spiro atoms. The van der Waals surface area contributed by atoms with Crippen LogP contribution in [0.2, 0.25) is 5.02 Å². The van der Waals surface area contributed by atoms with Crippen molar-refractivity contribution in [3.05, 3.63) is 70.2 Å². The number of thiazole rings is 1. The molecule has 1 aromatic heterocycles. The van der Waals surface area contributed by atoms with Gasteiger partial charge in [0.2, 0.25) is 0 Å². The lowest BCUT2D eigenvalue weighted by Gasteiger charge is -2.15. The molecule has 4 nitrogen and oxygen atoms in total. The normalized spacial score (nSPS) is 10.5. The van der Waals surface area contributed by atoms with Gasteiger partial charge in [0.15, 0.2) is 5.13 Å². The second-order valence-corrected chi connectivity index (χ2v) is 6.62. The monoisotopic (exact) mass is 357 g/mol. The second-order valence-electron chi connectivity index (χ2n) is 5.24. The fourth-order valence-corrected chi connectivity index (χ4v) is 3.37. The lowest BCUT2D eigenvalue weighted by atomic mass is 10.3. The SMILES string of the molecule is Cc1nc(N(C)c2ccccc2)sc1C(=O)Nc1ccccc1Cl. The summed E-state index contributed by atoms with van der Waals surface area (Å²) in [6.45, 7) is 1.83. The number of hydrogen-bond donors (Lipinski definition) is 1. The van der Waals surface area contributed by atoms with E-state index in [1.54, 1.807) is 12.1 Å². The number of amides is 1. The molecular weight excluding hydrogens is 342 g/mol. The number of halogens is 1. The second kappa shape index (κ2) is 7.03. The Kier molecular flexibility index (Phi) is 4.83. The van der Waals surface area contributed by atoms with E-state index in [4.69, 9.17) is 11.6 Å². The lowest BCUT2D eigenvalue weighted by molar-refractivity contribution is 0.103. The van der Waals surface area contributed by atoms with E-state index >= 15 is 0 Å². The number of benzene rings is 2. The van der Waals surface area contributed by atoms with E-state index in [2.05, 4.69) is 10.3 Å². The topological polar surface area (TPSA) is 45.2 Å². The van der Waals surface area contributed by atoms with E-state index in [0.717, 1.165) is 10.8 Å². The molecule has 24 heavy (non-hydrogen) atoms. The van der Waals surface area contributed by atoms with Gasteiger partial charge < -0.3 is 10.2 Å². The number of nitrogens with zero attached hydrogens (tertiary/aromatic N) is 2. The summed E-state index contributed by atoms with van der Waals surface area (Å²) in [7, 11) is 1.93. The Labute approximate surface area is 149 Å². The highest BCUT2D eigenvalue weighted by Gasteiger charge is 2.18. The molecule has 0 radical (unpaired) electrons. The van der Waals surface area contributed by atoms with Gasteiger partial charge in [-0.25, -0.2) is 4.98 Å². The summed E-state index contributed by atoms with van der Waals surface area (Å²) in [5.41, 5.74) is 2.31. The highest BCUT2D eigenvalue weighted by Crippen LogP contribution is 2.31. The van der Waals surface area contributed by atoms with Crippen molar-refractivity contribution in [2.75, 3.05) is 17.3 Å². The number of nitrogens with one attached hydrogen (secondary N) is 1. The van der Waals surface area contributed by atoms with Crippen LogP contribution in [0.15, 0.2) is 54.6 Å². The molecule has 0 unspecified atom stereocenters. The Bertz CT molecular complexity index is 864. The van der Waals surface area contributed by atoms with E-state index in [1.165, 1.54) is 11.3 Å². The Morgan fingerprint density at radius 3 is 2.50 bits per heavy atom. The van der Waals surface area contributed by atoms with Crippen molar-refractivity contribution in [3.63, 3.8) is 0 Å². The molecule has 122 valence electrons. The van der Waals surface area contributed by atoms with Crippen LogP contribution < -0.4 is 10.2 Å². The van der Waals surface area contributed by atoms with Gasteiger partial charge in [-0.15, -0.1) is 0 Å². The van der Waals surface area contributed by atoms with E-state index in [1.807, 2.05) is 61.3 Å². The summed E-state index contributed by atoms with van der Waals surface area (Å²) in [6.07, 6.45) is 0. The molecular formula is C18H16ClN3OS. The summed E-state index contributed by atoms with van der Waals surface area (Å²) in [4.78, 5) is 19.6. The van der Waals surface area contributed by atoms with Crippen molar-refractivity contribution in [1.29, 1.82) is 0 Å². The predicted molar refractivity (Wildman–Crippen MR) is 101 cm³/mol. The summed E-state index contributed by atoms with van der Waals surface area (Å²) in [5, 5.41) is 4.12. The van der Waals surface area contributed by atoms with Gasteiger partial charge in [0.25, 0.3) is 5.91 Å². The van der Waals surface area contributed by atoms with Crippen LogP contribution in [0.1, 0.15) is 15.4 Å².